The highest BCUT2D eigenvalue weighted by Gasteiger charge is 2.07. The third kappa shape index (κ3) is 6.23. The molecule has 2 aromatic heterocycles. The fourth-order valence-electron chi connectivity index (χ4n) is 2.30. The molecule has 0 atom stereocenters. The lowest BCUT2D eigenvalue weighted by atomic mass is 10.2. The summed E-state index contributed by atoms with van der Waals surface area (Å²) in [6.07, 6.45) is 1.99. The summed E-state index contributed by atoms with van der Waals surface area (Å²) in [5, 5.41) is 8.52. The number of carbonyl (C=O) groups is 2. The van der Waals surface area contributed by atoms with Gasteiger partial charge in [0.05, 0.1) is 17.0 Å². The monoisotopic (exact) mass is 397 g/mol. The normalized spacial score (nSPS) is 10.4. The van der Waals surface area contributed by atoms with Crippen molar-refractivity contribution in [3.63, 3.8) is 0 Å². The average Bonchev–Trinajstić information content (AvgIpc) is 3.19. The maximum Gasteiger partial charge on any atom is 0.257 e. The van der Waals surface area contributed by atoms with Crippen molar-refractivity contribution in [3.05, 3.63) is 76.6 Å². The van der Waals surface area contributed by atoms with Gasteiger partial charge in [0.15, 0.2) is 0 Å². The van der Waals surface area contributed by atoms with E-state index >= 15 is 0 Å². The number of anilines is 1. The zero-order chi connectivity index (χ0) is 18.9. The fraction of sp³-hybridized carbons (Fsp3) is 0.150. The van der Waals surface area contributed by atoms with E-state index in [1.807, 2.05) is 53.9 Å². The van der Waals surface area contributed by atoms with Crippen molar-refractivity contribution in [2.75, 3.05) is 17.6 Å². The van der Waals surface area contributed by atoms with Crippen molar-refractivity contribution in [3.8, 4) is 0 Å². The fourth-order valence-corrected chi connectivity index (χ4v) is 3.71. The molecule has 0 spiro atoms. The zero-order valence-corrected chi connectivity index (χ0v) is 16.2. The molecular weight excluding hydrogens is 378 g/mol. The number of pyridine rings is 1. The highest BCUT2D eigenvalue weighted by molar-refractivity contribution is 7.99. The zero-order valence-electron chi connectivity index (χ0n) is 14.6. The molecule has 0 bridgehead atoms. The van der Waals surface area contributed by atoms with E-state index in [0.717, 1.165) is 21.3 Å². The Hall–Kier alpha value is -2.64. The van der Waals surface area contributed by atoms with E-state index in [1.54, 1.807) is 23.6 Å². The molecule has 0 saturated heterocycles. The van der Waals surface area contributed by atoms with Crippen LogP contribution in [0.4, 0.5) is 5.69 Å². The molecule has 3 rings (SSSR count). The van der Waals surface area contributed by atoms with Gasteiger partial charge in [0.1, 0.15) is 0 Å². The molecule has 0 radical (unpaired) electrons. The van der Waals surface area contributed by atoms with Gasteiger partial charge in [-0.15, -0.1) is 23.1 Å². The van der Waals surface area contributed by atoms with Crippen LogP contribution in [0.25, 0.3) is 0 Å². The molecular formula is C20H19N3O2S2. The molecule has 0 aliphatic rings. The van der Waals surface area contributed by atoms with E-state index in [1.165, 1.54) is 11.8 Å². The number of amides is 2. The minimum Gasteiger partial charge on any atom is -0.355 e. The Bertz CT molecular complexity index is 866. The van der Waals surface area contributed by atoms with E-state index in [2.05, 4.69) is 15.6 Å². The van der Waals surface area contributed by atoms with Gasteiger partial charge in [0.25, 0.3) is 5.91 Å². The number of thiophene rings is 1. The Morgan fingerprint density at radius 3 is 2.59 bits per heavy atom. The highest BCUT2D eigenvalue weighted by atomic mass is 32.2. The minimum atomic E-state index is -0.189. The number of nitrogens with one attached hydrogen (secondary N) is 2. The van der Waals surface area contributed by atoms with Crippen LogP contribution in [0.3, 0.4) is 0 Å². The third-order valence-electron chi connectivity index (χ3n) is 3.62. The van der Waals surface area contributed by atoms with Crippen LogP contribution in [0.5, 0.6) is 0 Å². The van der Waals surface area contributed by atoms with Crippen molar-refractivity contribution in [1.29, 1.82) is 0 Å². The first kappa shape index (κ1) is 19.1. The number of benzene rings is 1. The number of nitrogens with zero attached hydrogens (tertiary/aromatic N) is 1. The largest absolute Gasteiger partial charge is 0.355 e. The van der Waals surface area contributed by atoms with Crippen LogP contribution < -0.4 is 10.6 Å². The van der Waals surface area contributed by atoms with Crippen molar-refractivity contribution in [1.82, 2.24) is 10.3 Å². The smallest absolute Gasteiger partial charge is 0.257 e. The quantitative estimate of drug-likeness (QED) is 0.447. The summed E-state index contributed by atoms with van der Waals surface area (Å²) >= 11 is 3.12. The molecule has 0 saturated carbocycles. The molecule has 5 nitrogen and oxygen atoms in total. The maximum absolute atomic E-state index is 12.2. The second-order valence-corrected chi connectivity index (χ2v) is 7.81. The molecule has 138 valence electrons. The average molecular weight is 398 g/mol. The topological polar surface area (TPSA) is 71.1 Å². The van der Waals surface area contributed by atoms with E-state index in [0.29, 0.717) is 18.5 Å². The number of thioether (sulfide) groups is 1. The maximum atomic E-state index is 12.2. The van der Waals surface area contributed by atoms with Crippen molar-refractivity contribution in [2.45, 2.75) is 11.4 Å². The van der Waals surface area contributed by atoms with Crippen LogP contribution in [0.1, 0.15) is 15.2 Å². The summed E-state index contributed by atoms with van der Waals surface area (Å²) in [6.45, 7) is 0.576. The molecule has 27 heavy (non-hydrogen) atoms. The van der Waals surface area contributed by atoms with E-state index in [4.69, 9.17) is 0 Å². The molecule has 0 fully saturated rings. The van der Waals surface area contributed by atoms with Crippen molar-refractivity contribution in [2.24, 2.45) is 0 Å². The van der Waals surface area contributed by atoms with Crippen LogP contribution in [-0.4, -0.2) is 29.1 Å². The molecule has 3 aromatic rings. The van der Waals surface area contributed by atoms with Crippen molar-refractivity contribution >= 4 is 40.6 Å². The summed E-state index contributed by atoms with van der Waals surface area (Å²) in [5.41, 5.74) is 1.26. The Morgan fingerprint density at radius 2 is 1.89 bits per heavy atom. The Kier molecular flexibility index (Phi) is 7.01. The van der Waals surface area contributed by atoms with Crippen LogP contribution in [0.2, 0.25) is 0 Å². The third-order valence-corrected chi connectivity index (χ3v) is 5.44. The highest BCUT2D eigenvalue weighted by Crippen LogP contribution is 2.16. The Morgan fingerprint density at radius 1 is 1.04 bits per heavy atom. The lowest BCUT2D eigenvalue weighted by Gasteiger charge is -2.06. The predicted octanol–water partition coefficient (Wildman–Crippen LogP) is 3.85. The summed E-state index contributed by atoms with van der Waals surface area (Å²) in [6, 6.07) is 16.8. The molecule has 2 heterocycles. The van der Waals surface area contributed by atoms with Crippen molar-refractivity contribution < 1.29 is 9.59 Å². The SMILES string of the molecule is O=C(Cc1cccs1)NCCSc1ccc(C(=O)Nc2ccccc2)cn1. The van der Waals surface area contributed by atoms with Gasteiger partial charge in [-0.1, -0.05) is 24.3 Å². The minimum absolute atomic E-state index is 0.0268. The second-order valence-electron chi connectivity index (χ2n) is 5.66. The first-order valence-corrected chi connectivity index (χ1v) is 10.3. The molecule has 0 aliphatic carbocycles. The number of rotatable bonds is 8. The molecule has 7 heteroatoms. The first-order chi connectivity index (χ1) is 13.2. The Labute approximate surface area is 166 Å². The summed E-state index contributed by atoms with van der Waals surface area (Å²) in [4.78, 5) is 29.4. The van der Waals surface area contributed by atoms with Crippen LogP contribution in [-0.2, 0) is 11.2 Å². The molecule has 0 unspecified atom stereocenters. The lowest BCUT2D eigenvalue weighted by Crippen LogP contribution is -2.27. The van der Waals surface area contributed by atoms with Crippen LogP contribution in [0, 0.1) is 0 Å². The molecule has 1 aromatic carbocycles. The Balaban J connectivity index is 1.40. The summed E-state index contributed by atoms with van der Waals surface area (Å²) in [7, 11) is 0. The first-order valence-electron chi connectivity index (χ1n) is 8.45. The van der Waals surface area contributed by atoms with Crippen LogP contribution >= 0.6 is 23.1 Å². The number of aromatic nitrogens is 1. The number of hydrogen-bond acceptors (Lipinski definition) is 5. The van der Waals surface area contributed by atoms with Gasteiger partial charge in [-0.2, -0.15) is 0 Å². The van der Waals surface area contributed by atoms with Gasteiger partial charge in [-0.25, -0.2) is 4.98 Å². The number of para-hydroxylation sites is 1. The number of carbonyl (C=O) groups excluding carboxylic acids is 2. The molecule has 2 amide bonds. The van der Waals surface area contributed by atoms with Crippen LogP contribution in [0.15, 0.2) is 71.2 Å². The van der Waals surface area contributed by atoms with Gasteiger partial charge < -0.3 is 10.6 Å². The van der Waals surface area contributed by atoms with E-state index < -0.39 is 0 Å². The van der Waals surface area contributed by atoms with Gasteiger partial charge in [-0.3, -0.25) is 9.59 Å². The standard InChI is InChI=1S/C20H19N3O2S2/c24-18(13-17-7-4-11-26-17)21-10-12-27-19-9-8-15(14-22-19)20(25)23-16-5-2-1-3-6-16/h1-9,11,14H,10,12-13H2,(H,21,24)(H,23,25). The lowest BCUT2D eigenvalue weighted by molar-refractivity contribution is -0.120. The second kappa shape index (κ2) is 9.89. The van der Waals surface area contributed by atoms with E-state index in [-0.39, 0.29) is 11.8 Å². The van der Waals surface area contributed by atoms with E-state index in [9.17, 15) is 9.59 Å². The summed E-state index contributed by atoms with van der Waals surface area (Å²) in [5.74, 6) is 0.559. The van der Waals surface area contributed by atoms with Gasteiger partial charge in [-0.05, 0) is 35.7 Å². The van der Waals surface area contributed by atoms with Gasteiger partial charge >= 0.3 is 0 Å². The predicted molar refractivity (Wildman–Crippen MR) is 110 cm³/mol. The van der Waals surface area contributed by atoms with Gasteiger partial charge in [0, 0.05) is 29.1 Å². The molecule has 2 N–H and O–H groups in total. The van der Waals surface area contributed by atoms with Gasteiger partial charge in [0.2, 0.25) is 5.91 Å². The molecule has 0 aliphatic heterocycles. The number of hydrogen-bond donors (Lipinski definition) is 2. The summed E-state index contributed by atoms with van der Waals surface area (Å²) < 4.78 is 0.